The lowest BCUT2D eigenvalue weighted by Crippen LogP contribution is -2.22. The van der Waals surface area contributed by atoms with Gasteiger partial charge in [-0.1, -0.05) is 18.2 Å². The van der Waals surface area contributed by atoms with E-state index in [1.807, 2.05) is 30.3 Å². The van der Waals surface area contributed by atoms with Crippen LogP contribution in [0.15, 0.2) is 60.0 Å². The zero-order chi connectivity index (χ0) is 20.6. The van der Waals surface area contributed by atoms with Crippen molar-refractivity contribution in [2.45, 2.75) is 13.5 Å². The van der Waals surface area contributed by atoms with Crippen molar-refractivity contribution in [2.75, 3.05) is 11.5 Å². The monoisotopic (exact) mass is 410 g/mol. The highest BCUT2D eigenvalue weighted by Gasteiger charge is 2.18. The maximum absolute atomic E-state index is 12.1. The lowest BCUT2D eigenvalue weighted by Gasteiger charge is -2.17. The maximum Gasteiger partial charge on any atom is 0.344 e. The van der Waals surface area contributed by atoms with Crippen molar-refractivity contribution in [3.8, 4) is 5.75 Å². The summed E-state index contributed by atoms with van der Waals surface area (Å²) in [4.78, 5) is 40.5. The van der Waals surface area contributed by atoms with Gasteiger partial charge in [-0.25, -0.2) is 9.78 Å². The van der Waals surface area contributed by atoms with Crippen molar-refractivity contribution >= 4 is 40.3 Å². The number of aldehydes is 1. The van der Waals surface area contributed by atoms with Gasteiger partial charge in [0.05, 0.1) is 11.4 Å². The summed E-state index contributed by atoms with van der Waals surface area (Å²) in [5, 5.41) is 2.24. The molecule has 0 saturated carbocycles. The van der Waals surface area contributed by atoms with Crippen LogP contribution in [0.5, 0.6) is 5.75 Å². The minimum atomic E-state index is -0.550. The van der Waals surface area contributed by atoms with Gasteiger partial charge >= 0.3 is 5.97 Å². The number of aromatic nitrogens is 1. The second-order valence-electron chi connectivity index (χ2n) is 5.95. The molecular formula is C21H18N2O5S. The van der Waals surface area contributed by atoms with Crippen LogP contribution in [0.1, 0.15) is 23.0 Å². The first-order valence-electron chi connectivity index (χ1n) is 8.70. The third-order valence-corrected chi connectivity index (χ3v) is 4.69. The van der Waals surface area contributed by atoms with Crippen LogP contribution >= 0.6 is 11.3 Å². The minimum absolute atomic E-state index is 0.0245. The van der Waals surface area contributed by atoms with E-state index in [4.69, 9.17) is 9.47 Å². The SMILES string of the molecule is CC(=O)N(c1ccccc1)c1nc(COC(=O)COc2ccc(C=O)cc2)cs1. The molecule has 0 bridgehead atoms. The fourth-order valence-electron chi connectivity index (χ4n) is 2.45. The third kappa shape index (κ3) is 5.49. The van der Waals surface area contributed by atoms with Crippen molar-refractivity contribution < 1.29 is 23.9 Å². The lowest BCUT2D eigenvalue weighted by atomic mass is 10.2. The molecule has 3 rings (SSSR count). The number of para-hydroxylation sites is 1. The fraction of sp³-hybridized carbons (Fsp3) is 0.143. The predicted molar refractivity (Wildman–Crippen MR) is 108 cm³/mol. The number of esters is 1. The summed E-state index contributed by atoms with van der Waals surface area (Å²) in [6.07, 6.45) is 0.727. The van der Waals surface area contributed by atoms with Crippen LogP contribution in [0, 0.1) is 0 Å². The topological polar surface area (TPSA) is 85.8 Å². The quantitative estimate of drug-likeness (QED) is 0.415. The number of nitrogens with zero attached hydrogens (tertiary/aromatic N) is 2. The standard InChI is InChI=1S/C21H18N2O5S/c1-15(25)23(18-5-3-2-4-6-18)21-22-17(14-29-21)12-28-20(26)13-27-19-9-7-16(11-24)8-10-19/h2-11,14H,12-13H2,1H3. The number of thiazole rings is 1. The summed E-state index contributed by atoms with van der Waals surface area (Å²) >= 11 is 1.29. The molecule has 1 heterocycles. The molecule has 29 heavy (non-hydrogen) atoms. The van der Waals surface area contributed by atoms with Gasteiger partial charge in [-0.05, 0) is 36.4 Å². The van der Waals surface area contributed by atoms with E-state index >= 15 is 0 Å². The second kappa shape index (κ2) is 9.61. The zero-order valence-corrected chi connectivity index (χ0v) is 16.4. The van der Waals surface area contributed by atoms with Crippen LogP contribution in [-0.4, -0.2) is 29.8 Å². The Hall–Kier alpha value is -3.52. The average Bonchev–Trinajstić information content (AvgIpc) is 3.20. The molecule has 148 valence electrons. The number of anilines is 2. The van der Waals surface area contributed by atoms with Gasteiger partial charge in [0.1, 0.15) is 18.6 Å². The summed E-state index contributed by atoms with van der Waals surface area (Å²) < 4.78 is 10.5. The first-order chi connectivity index (χ1) is 14.1. The van der Waals surface area contributed by atoms with Crippen LogP contribution in [0.4, 0.5) is 10.8 Å². The zero-order valence-electron chi connectivity index (χ0n) is 15.6. The Bertz CT molecular complexity index is 986. The van der Waals surface area contributed by atoms with Crippen LogP contribution in [0.25, 0.3) is 0 Å². The van der Waals surface area contributed by atoms with Crippen molar-refractivity contribution in [2.24, 2.45) is 0 Å². The largest absolute Gasteiger partial charge is 0.482 e. The smallest absolute Gasteiger partial charge is 0.344 e. The molecule has 0 aliphatic heterocycles. The predicted octanol–water partition coefficient (Wildman–Crippen LogP) is 3.76. The van der Waals surface area contributed by atoms with Crippen LogP contribution in [0.3, 0.4) is 0 Å². The van der Waals surface area contributed by atoms with Crippen molar-refractivity contribution in [1.82, 2.24) is 4.98 Å². The number of carbonyl (C=O) groups is 3. The van der Waals surface area contributed by atoms with Gasteiger partial charge in [0.15, 0.2) is 11.7 Å². The number of hydrogen-bond donors (Lipinski definition) is 0. The van der Waals surface area contributed by atoms with E-state index in [1.165, 1.54) is 23.2 Å². The molecule has 0 spiro atoms. The Labute approximate surface area is 171 Å². The van der Waals surface area contributed by atoms with E-state index in [0.29, 0.717) is 27.8 Å². The molecule has 8 heteroatoms. The number of ether oxygens (including phenoxy) is 2. The molecule has 0 radical (unpaired) electrons. The molecule has 1 aromatic heterocycles. The summed E-state index contributed by atoms with van der Waals surface area (Å²) in [6.45, 7) is 1.18. The molecule has 1 amide bonds. The van der Waals surface area contributed by atoms with E-state index in [1.54, 1.807) is 29.6 Å². The van der Waals surface area contributed by atoms with E-state index in [9.17, 15) is 14.4 Å². The highest BCUT2D eigenvalue weighted by molar-refractivity contribution is 7.14. The number of hydrogen-bond acceptors (Lipinski definition) is 7. The molecule has 0 fully saturated rings. The van der Waals surface area contributed by atoms with Crippen molar-refractivity contribution in [3.05, 3.63) is 71.2 Å². The first-order valence-corrected chi connectivity index (χ1v) is 9.58. The van der Waals surface area contributed by atoms with Gasteiger partial charge in [-0.15, -0.1) is 11.3 Å². The molecule has 0 unspecified atom stereocenters. The Balaban J connectivity index is 1.54. The minimum Gasteiger partial charge on any atom is -0.482 e. The van der Waals surface area contributed by atoms with E-state index in [-0.39, 0.29) is 19.1 Å². The van der Waals surface area contributed by atoms with Crippen LogP contribution in [0.2, 0.25) is 0 Å². The fourth-order valence-corrected chi connectivity index (χ4v) is 3.32. The molecular weight excluding hydrogens is 392 g/mol. The van der Waals surface area contributed by atoms with Gasteiger partial charge < -0.3 is 9.47 Å². The van der Waals surface area contributed by atoms with Gasteiger partial charge in [-0.2, -0.15) is 0 Å². The summed E-state index contributed by atoms with van der Waals surface area (Å²) in [6, 6.07) is 15.6. The maximum atomic E-state index is 12.1. The normalized spacial score (nSPS) is 10.2. The van der Waals surface area contributed by atoms with E-state index in [0.717, 1.165) is 6.29 Å². The number of carbonyl (C=O) groups excluding carboxylic acids is 3. The van der Waals surface area contributed by atoms with Gasteiger partial charge in [0.2, 0.25) is 5.91 Å². The van der Waals surface area contributed by atoms with Gasteiger partial charge in [0.25, 0.3) is 0 Å². The van der Waals surface area contributed by atoms with Crippen molar-refractivity contribution in [1.29, 1.82) is 0 Å². The molecule has 0 atom stereocenters. The Morgan fingerprint density at radius 3 is 2.48 bits per heavy atom. The van der Waals surface area contributed by atoms with E-state index in [2.05, 4.69) is 4.98 Å². The van der Waals surface area contributed by atoms with E-state index < -0.39 is 5.97 Å². The molecule has 3 aromatic rings. The van der Waals surface area contributed by atoms with Crippen LogP contribution < -0.4 is 9.64 Å². The average molecular weight is 410 g/mol. The third-order valence-electron chi connectivity index (χ3n) is 3.81. The molecule has 0 saturated heterocycles. The first kappa shape index (κ1) is 20.2. The van der Waals surface area contributed by atoms with Gasteiger partial charge in [0, 0.05) is 17.9 Å². The number of rotatable bonds is 8. The molecule has 0 aliphatic rings. The molecule has 0 aliphatic carbocycles. The Morgan fingerprint density at radius 1 is 1.10 bits per heavy atom. The summed E-state index contributed by atoms with van der Waals surface area (Å²) in [5.74, 6) is -0.253. The lowest BCUT2D eigenvalue weighted by molar-refractivity contribution is -0.147. The number of benzene rings is 2. The molecule has 2 aromatic carbocycles. The molecule has 7 nitrogen and oxygen atoms in total. The molecule has 0 N–H and O–H groups in total. The highest BCUT2D eigenvalue weighted by Crippen LogP contribution is 2.28. The highest BCUT2D eigenvalue weighted by atomic mass is 32.1. The Morgan fingerprint density at radius 2 is 1.83 bits per heavy atom. The Kier molecular flexibility index (Phi) is 6.70. The second-order valence-corrected chi connectivity index (χ2v) is 6.78. The van der Waals surface area contributed by atoms with Gasteiger partial charge in [-0.3, -0.25) is 14.5 Å². The summed E-state index contributed by atoms with van der Waals surface area (Å²) in [5.41, 5.74) is 1.78. The van der Waals surface area contributed by atoms with Crippen LogP contribution in [-0.2, 0) is 20.9 Å². The van der Waals surface area contributed by atoms with Crippen molar-refractivity contribution in [3.63, 3.8) is 0 Å². The number of amides is 1. The summed E-state index contributed by atoms with van der Waals surface area (Å²) in [7, 11) is 0.